The van der Waals surface area contributed by atoms with E-state index < -0.39 is 45.9 Å². The van der Waals surface area contributed by atoms with E-state index in [4.69, 9.17) is 4.55 Å². The van der Waals surface area contributed by atoms with Gasteiger partial charge >= 0.3 is 12.1 Å². The highest BCUT2D eigenvalue weighted by molar-refractivity contribution is 7.85. The van der Waals surface area contributed by atoms with Crippen LogP contribution in [-0.2, 0) is 25.9 Å². The Morgan fingerprint density at radius 2 is 1.77 bits per heavy atom. The monoisotopic (exact) mass is 523 g/mol. The Morgan fingerprint density at radius 3 is 2.37 bits per heavy atom. The molecule has 0 bridgehead atoms. The first-order chi connectivity index (χ1) is 16.3. The summed E-state index contributed by atoms with van der Waals surface area (Å²) in [6.07, 6.45) is -1.30. The molecule has 3 heterocycles. The van der Waals surface area contributed by atoms with Gasteiger partial charge in [-0.1, -0.05) is 0 Å². The molecule has 3 N–H and O–H groups in total. The number of nitrogens with zero attached hydrogens (tertiary/aromatic N) is 4. The van der Waals surface area contributed by atoms with Crippen molar-refractivity contribution in [3.05, 3.63) is 11.9 Å². The number of aliphatic carboxylic acids is 1. The lowest BCUT2D eigenvalue weighted by Crippen LogP contribution is -2.38. The minimum Gasteiger partial charge on any atom is -0.480 e. The summed E-state index contributed by atoms with van der Waals surface area (Å²) in [5.41, 5.74) is 0. The maximum absolute atomic E-state index is 13.5. The molecule has 3 rings (SSSR count). The SMILES string of the molecule is O=C(CCCC1CCN(c2cc(N3CCC[C@H]3C(=O)O)nc(C(F)(F)F)n2)CC1)NCS(=O)(=O)O. The molecule has 0 radical (unpaired) electrons. The van der Waals surface area contributed by atoms with Crippen LogP contribution in [0.5, 0.6) is 0 Å². The topological polar surface area (TPSA) is 153 Å². The average Bonchev–Trinajstić information content (AvgIpc) is 3.27. The van der Waals surface area contributed by atoms with Gasteiger partial charge in [0.2, 0.25) is 11.7 Å². The standard InChI is InChI=1S/C20H28F3N5O6S/c21-20(22,23)19-25-15(11-16(26-19)28-8-2-4-14(28)18(30)31)27-9-6-13(7-10-27)3-1-5-17(29)24-12-35(32,33)34/h11,13-14H,1-10,12H2,(H,24,29)(H,30,31)(H,32,33,34)/t14-/m0/s1. The number of carbonyl (C=O) groups is 2. The van der Waals surface area contributed by atoms with Crippen molar-refractivity contribution in [3.8, 4) is 0 Å². The van der Waals surface area contributed by atoms with Crippen molar-refractivity contribution >= 4 is 33.6 Å². The molecule has 2 fully saturated rings. The van der Waals surface area contributed by atoms with Crippen molar-refractivity contribution in [1.82, 2.24) is 15.3 Å². The number of nitrogens with one attached hydrogen (secondary N) is 1. The number of amides is 1. The van der Waals surface area contributed by atoms with Gasteiger partial charge in [-0.15, -0.1) is 0 Å². The third kappa shape index (κ3) is 7.65. The Hall–Kier alpha value is -2.68. The van der Waals surface area contributed by atoms with Gasteiger partial charge in [-0.25, -0.2) is 14.8 Å². The van der Waals surface area contributed by atoms with Crippen LogP contribution in [0.2, 0.25) is 0 Å². The summed E-state index contributed by atoms with van der Waals surface area (Å²) in [5, 5.41) is 11.5. The molecular weight excluding hydrogens is 495 g/mol. The van der Waals surface area contributed by atoms with Crippen molar-refractivity contribution in [1.29, 1.82) is 0 Å². The van der Waals surface area contributed by atoms with Crippen molar-refractivity contribution < 1.29 is 40.8 Å². The molecule has 2 aliphatic rings. The van der Waals surface area contributed by atoms with Gasteiger partial charge in [0.05, 0.1) is 0 Å². The lowest BCUT2D eigenvalue weighted by molar-refractivity contribution is -0.144. The van der Waals surface area contributed by atoms with Gasteiger partial charge in [-0.3, -0.25) is 9.35 Å². The second-order valence-electron chi connectivity index (χ2n) is 8.74. The van der Waals surface area contributed by atoms with Crippen LogP contribution in [-0.4, -0.2) is 71.5 Å². The van der Waals surface area contributed by atoms with Gasteiger partial charge in [0.15, 0.2) is 0 Å². The zero-order chi connectivity index (χ0) is 25.8. The van der Waals surface area contributed by atoms with Crippen molar-refractivity contribution in [2.24, 2.45) is 5.92 Å². The molecule has 11 nitrogen and oxygen atoms in total. The number of anilines is 2. The number of rotatable bonds is 9. The van der Waals surface area contributed by atoms with Gasteiger partial charge < -0.3 is 20.2 Å². The molecule has 1 aromatic heterocycles. The van der Waals surface area contributed by atoms with Gasteiger partial charge in [-0.2, -0.15) is 21.6 Å². The smallest absolute Gasteiger partial charge is 0.451 e. The number of hydrogen-bond donors (Lipinski definition) is 3. The largest absolute Gasteiger partial charge is 0.480 e. The quantitative estimate of drug-likeness (QED) is 0.409. The molecule has 0 aliphatic carbocycles. The maximum Gasteiger partial charge on any atom is 0.451 e. The van der Waals surface area contributed by atoms with E-state index in [0.29, 0.717) is 58.2 Å². The van der Waals surface area contributed by atoms with Crippen molar-refractivity contribution in [2.75, 3.05) is 35.3 Å². The first-order valence-electron chi connectivity index (χ1n) is 11.3. The van der Waals surface area contributed by atoms with E-state index in [2.05, 4.69) is 15.3 Å². The molecule has 0 unspecified atom stereocenters. The molecule has 35 heavy (non-hydrogen) atoms. The van der Waals surface area contributed by atoms with Crippen molar-refractivity contribution in [3.63, 3.8) is 0 Å². The number of hydrogen-bond acceptors (Lipinski definition) is 8. The van der Waals surface area contributed by atoms with Crippen LogP contribution >= 0.6 is 0 Å². The second-order valence-corrected chi connectivity index (χ2v) is 10.2. The van der Waals surface area contributed by atoms with Crippen LogP contribution < -0.4 is 15.1 Å². The second kappa shape index (κ2) is 10.9. The molecule has 1 aromatic rings. The summed E-state index contributed by atoms with van der Waals surface area (Å²) in [4.78, 5) is 33.6. The molecule has 15 heteroatoms. The lowest BCUT2D eigenvalue weighted by atomic mass is 9.91. The van der Waals surface area contributed by atoms with Crippen LogP contribution in [0, 0.1) is 5.92 Å². The van der Waals surface area contributed by atoms with Crippen LogP contribution in [0.15, 0.2) is 6.07 Å². The van der Waals surface area contributed by atoms with Gasteiger partial charge in [0.25, 0.3) is 10.1 Å². The minimum atomic E-state index is -4.78. The van der Waals surface area contributed by atoms with E-state index in [1.165, 1.54) is 11.0 Å². The third-order valence-corrected chi connectivity index (χ3v) is 6.70. The van der Waals surface area contributed by atoms with Crippen LogP contribution in [0.4, 0.5) is 24.8 Å². The minimum absolute atomic E-state index is 0.0507. The van der Waals surface area contributed by atoms with Crippen LogP contribution in [0.3, 0.4) is 0 Å². The summed E-state index contributed by atoms with van der Waals surface area (Å²) in [6, 6.07) is 0.482. The fourth-order valence-corrected chi connectivity index (χ4v) is 4.76. The van der Waals surface area contributed by atoms with E-state index in [9.17, 15) is 36.3 Å². The Labute approximate surface area is 200 Å². The lowest BCUT2D eigenvalue weighted by Gasteiger charge is -2.34. The van der Waals surface area contributed by atoms with Gasteiger partial charge in [-0.05, 0) is 44.4 Å². The summed E-state index contributed by atoms with van der Waals surface area (Å²) in [6.45, 7) is 1.18. The molecule has 1 amide bonds. The predicted molar refractivity (Wildman–Crippen MR) is 118 cm³/mol. The summed E-state index contributed by atoms with van der Waals surface area (Å²) in [5.74, 6) is -3.46. The van der Waals surface area contributed by atoms with Gasteiger partial charge in [0, 0.05) is 32.1 Å². The van der Waals surface area contributed by atoms with E-state index in [1.807, 2.05) is 0 Å². The molecular formula is C20H28F3N5O6S. The van der Waals surface area contributed by atoms with Crippen molar-refractivity contribution in [2.45, 2.75) is 57.2 Å². The number of piperidine rings is 1. The number of carboxylic acid groups (broad SMARTS) is 1. The maximum atomic E-state index is 13.5. The summed E-state index contributed by atoms with van der Waals surface area (Å²) < 4.78 is 70.4. The van der Waals surface area contributed by atoms with E-state index in [0.717, 1.165) is 0 Å². The fourth-order valence-electron chi connectivity index (χ4n) is 4.42. The number of alkyl halides is 3. The Kier molecular flexibility index (Phi) is 8.41. The Morgan fingerprint density at radius 1 is 1.11 bits per heavy atom. The summed E-state index contributed by atoms with van der Waals surface area (Å²) >= 11 is 0. The molecule has 0 aromatic carbocycles. The van der Waals surface area contributed by atoms with E-state index in [-0.39, 0.29) is 24.0 Å². The number of carboxylic acids is 1. The van der Waals surface area contributed by atoms with E-state index in [1.54, 1.807) is 4.90 Å². The third-order valence-electron chi connectivity index (χ3n) is 6.19. The summed E-state index contributed by atoms with van der Waals surface area (Å²) in [7, 11) is -4.28. The van der Waals surface area contributed by atoms with E-state index >= 15 is 0 Å². The molecule has 2 saturated heterocycles. The first kappa shape index (κ1) is 26.9. The number of carbonyl (C=O) groups excluding carboxylic acids is 1. The molecule has 0 saturated carbocycles. The molecule has 196 valence electrons. The number of aromatic nitrogens is 2. The molecule has 1 atom stereocenters. The highest BCUT2D eigenvalue weighted by atomic mass is 32.2. The highest BCUT2D eigenvalue weighted by Gasteiger charge is 2.38. The predicted octanol–water partition coefficient (Wildman–Crippen LogP) is 1.90. The van der Waals surface area contributed by atoms with Gasteiger partial charge in [0.1, 0.15) is 23.6 Å². The normalized spacial score (nSPS) is 19.7. The zero-order valence-electron chi connectivity index (χ0n) is 18.9. The van der Waals surface area contributed by atoms with Crippen LogP contribution in [0.1, 0.15) is 50.8 Å². The number of halogens is 3. The molecule has 2 aliphatic heterocycles. The highest BCUT2D eigenvalue weighted by Crippen LogP contribution is 2.34. The average molecular weight is 524 g/mol. The van der Waals surface area contributed by atoms with Crippen LogP contribution in [0.25, 0.3) is 0 Å². The molecule has 0 spiro atoms. The fraction of sp³-hybridized carbons (Fsp3) is 0.700. The Bertz CT molecular complexity index is 1030. The zero-order valence-corrected chi connectivity index (χ0v) is 19.7. The Balaban J connectivity index is 1.60. The first-order valence-corrected chi connectivity index (χ1v) is 12.9.